The number of ether oxygens (including phenoxy) is 1. The van der Waals surface area contributed by atoms with Gasteiger partial charge in [-0.1, -0.05) is 13.8 Å². The van der Waals surface area contributed by atoms with E-state index in [9.17, 15) is 0 Å². The van der Waals surface area contributed by atoms with Gasteiger partial charge in [0, 0.05) is 6.61 Å². The summed E-state index contributed by atoms with van der Waals surface area (Å²) in [6.45, 7) is 7.11. The van der Waals surface area contributed by atoms with Crippen LogP contribution in [-0.4, -0.2) is 12.7 Å². The van der Waals surface area contributed by atoms with Crippen molar-refractivity contribution in [2.75, 3.05) is 6.61 Å². The van der Waals surface area contributed by atoms with Gasteiger partial charge in [0.2, 0.25) is 0 Å². The van der Waals surface area contributed by atoms with Crippen molar-refractivity contribution >= 4 is 0 Å². The van der Waals surface area contributed by atoms with Crippen molar-refractivity contribution in [2.24, 2.45) is 0 Å². The van der Waals surface area contributed by atoms with Crippen LogP contribution in [0.4, 0.5) is 0 Å². The predicted octanol–water partition coefficient (Wildman–Crippen LogP) is 2.21. The summed E-state index contributed by atoms with van der Waals surface area (Å²) in [5.74, 6) is 0. The molecule has 1 rings (SSSR count). The largest absolute Gasteiger partial charge is 0.379 e. The topological polar surface area (TPSA) is 9.23 Å². The molecule has 0 amide bonds. The summed E-state index contributed by atoms with van der Waals surface area (Å²) in [4.78, 5) is 0. The van der Waals surface area contributed by atoms with Gasteiger partial charge < -0.3 is 4.74 Å². The first-order valence-corrected chi connectivity index (χ1v) is 3.51. The van der Waals surface area contributed by atoms with E-state index in [0.29, 0.717) is 6.10 Å². The summed E-state index contributed by atoms with van der Waals surface area (Å²) in [7, 11) is 0. The molecule has 0 unspecified atom stereocenters. The molecule has 1 heteroatoms. The first-order valence-electron chi connectivity index (χ1n) is 3.51. The molecule has 0 radical (unpaired) electrons. The quantitative estimate of drug-likeness (QED) is 0.471. The molecule has 1 fully saturated rings. The second-order valence-electron chi connectivity index (χ2n) is 1.82. The molecule has 1 nitrogen and oxygen atoms in total. The summed E-state index contributed by atoms with van der Waals surface area (Å²) in [5.41, 5.74) is 0. The fourth-order valence-corrected chi connectivity index (χ4v) is 0.739. The van der Waals surface area contributed by atoms with Crippen LogP contribution in [-0.2, 0) is 4.74 Å². The van der Waals surface area contributed by atoms with Crippen molar-refractivity contribution in [2.45, 2.75) is 39.7 Å². The summed E-state index contributed by atoms with van der Waals surface area (Å²) < 4.78 is 5.15. The third-order valence-electron chi connectivity index (χ3n) is 1.16. The molecule has 1 atom stereocenters. The lowest BCUT2D eigenvalue weighted by Gasteiger charge is -1.94. The zero-order valence-corrected chi connectivity index (χ0v) is 6.11. The van der Waals surface area contributed by atoms with Crippen LogP contribution >= 0.6 is 0 Å². The van der Waals surface area contributed by atoms with Gasteiger partial charge in [-0.3, -0.25) is 0 Å². The SMILES string of the molecule is CC.C[C@@H]1CCCO1. The van der Waals surface area contributed by atoms with E-state index < -0.39 is 0 Å². The van der Waals surface area contributed by atoms with Gasteiger partial charge in [0.05, 0.1) is 6.10 Å². The fourth-order valence-electron chi connectivity index (χ4n) is 0.739. The lowest BCUT2D eigenvalue weighted by atomic mass is 10.3. The van der Waals surface area contributed by atoms with E-state index in [1.54, 1.807) is 0 Å². The first kappa shape index (κ1) is 7.96. The van der Waals surface area contributed by atoms with Crippen LogP contribution in [0.15, 0.2) is 0 Å². The minimum absolute atomic E-state index is 0.546. The second-order valence-corrected chi connectivity index (χ2v) is 1.82. The molecule has 8 heavy (non-hydrogen) atoms. The van der Waals surface area contributed by atoms with E-state index in [-0.39, 0.29) is 0 Å². The standard InChI is InChI=1S/C5H10O.C2H6/c1-5-3-2-4-6-5;1-2/h5H,2-4H2,1H3;1-2H3/t5-;/m1./s1. The Morgan fingerprint density at radius 1 is 1.38 bits per heavy atom. The van der Waals surface area contributed by atoms with Gasteiger partial charge in [-0.05, 0) is 19.8 Å². The summed E-state index contributed by atoms with van der Waals surface area (Å²) in [5, 5.41) is 0. The van der Waals surface area contributed by atoms with E-state index in [0.717, 1.165) is 6.61 Å². The molecule has 0 aromatic rings. The van der Waals surface area contributed by atoms with Crippen molar-refractivity contribution < 1.29 is 4.74 Å². The maximum atomic E-state index is 5.15. The summed E-state index contributed by atoms with van der Waals surface area (Å²) in [6.07, 6.45) is 3.08. The van der Waals surface area contributed by atoms with Crippen LogP contribution < -0.4 is 0 Å². The van der Waals surface area contributed by atoms with Gasteiger partial charge in [-0.2, -0.15) is 0 Å². The Morgan fingerprint density at radius 3 is 2.12 bits per heavy atom. The highest BCUT2D eigenvalue weighted by Crippen LogP contribution is 2.09. The number of hydrogen-bond acceptors (Lipinski definition) is 1. The Labute approximate surface area is 52.0 Å². The van der Waals surface area contributed by atoms with Gasteiger partial charge in [0.15, 0.2) is 0 Å². The van der Waals surface area contributed by atoms with Crippen LogP contribution in [0.2, 0.25) is 0 Å². The summed E-state index contributed by atoms with van der Waals surface area (Å²) in [6, 6.07) is 0. The van der Waals surface area contributed by atoms with Gasteiger partial charge in [0.1, 0.15) is 0 Å². The molecule has 0 bridgehead atoms. The predicted molar refractivity (Wildman–Crippen MR) is 36.0 cm³/mol. The second kappa shape index (κ2) is 5.10. The van der Waals surface area contributed by atoms with E-state index in [1.165, 1.54) is 12.8 Å². The van der Waals surface area contributed by atoms with E-state index in [4.69, 9.17) is 4.74 Å². The zero-order chi connectivity index (χ0) is 6.41. The van der Waals surface area contributed by atoms with Crippen LogP contribution in [0.3, 0.4) is 0 Å². The molecule has 1 saturated heterocycles. The van der Waals surface area contributed by atoms with Crippen molar-refractivity contribution in [3.63, 3.8) is 0 Å². The van der Waals surface area contributed by atoms with Crippen molar-refractivity contribution in [3.05, 3.63) is 0 Å². The third kappa shape index (κ3) is 3.03. The molecule has 0 aliphatic carbocycles. The highest BCUT2D eigenvalue weighted by atomic mass is 16.5. The van der Waals surface area contributed by atoms with E-state index in [1.807, 2.05) is 13.8 Å². The summed E-state index contributed by atoms with van der Waals surface area (Å²) >= 11 is 0. The molecule has 0 aromatic heterocycles. The van der Waals surface area contributed by atoms with Gasteiger partial charge in [0.25, 0.3) is 0 Å². The zero-order valence-electron chi connectivity index (χ0n) is 6.11. The monoisotopic (exact) mass is 116 g/mol. The average Bonchev–Trinajstić information content (AvgIpc) is 2.24. The third-order valence-corrected chi connectivity index (χ3v) is 1.16. The maximum absolute atomic E-state index is 5.15. The lowest BCUT2D eigenvalue weighted by molar-refractivity contribution is 0.125. The molecule has 1 aliphatic rings. The molecule has 1 heterocycles. The average molecular weight is 116 g/mol. The van der Waals surface area contributed by atoms with Crippen LogP contribution in [0.5, 0.6) is 0 Å². The van der Waals surface area contributed by atoms with Crippen molar-refractivity contribution in [3.8, 4) is 0 Å². The highest BCUT2D eigenvalue weighted by molar-refractivity contribution is 4.56. The molecule has 0 aromatic carbocycles. The molecular formula is C7H16O. The Bertz CT molecular complexity index is 37.7. The maximum Gasteiger partial charge on any atom is 0.0547 e. The molecular weight excluding hydrogens is 100 g/mol. The molecule has 50 valence electrons. The van der Waals surface area contributed by atoms with Crippen molar-refractivity contribution in [1.29, 1.82) is 0 Å². The first-order chi connectivity index (χ1) is 3.89. The van der Waals surface area contributed by atoms with Crippen LogP contribution in [0.1, 0.15) is 33.6 Å². The Balaban J connectivity index is 0.000000222. The molecule has 0 N–H and O–H groups in total. The van der Waals surface area contributed by atoms with Crippen LogP contribution in [0, 0.1) is 0 Å². The smallest absolute Gasteiger partial charge is 0.0547 e. The van der Waals surface area contributed by atoms with Gasteiger partial charge in [-0.15, -0.1) is 0 Å². The van der Waals surface area contributed by atoms with E-state index >= 15 is 0 Å². The minimum Gasteiger partial charge on any atom is -0.379 e. The Kier molecular flexibility index (Phi) is 5.08. The normalized spacial score (nSPS) is 26.6. The molecule has 1 aliphatic heterocycles. The number of hydrogen-bond donors (Lipinski definition) is 0. The molecule has 0 saturated carbocycles. The highest BCUT2D eigenvalue weighted by Gasteiger charge is 2.07. The lowest BCUT2D eigenvalue weighted by Crippen LogP contribution is -1.94. The fraction of sp³-hybridized carbons (Fsp3) is 1.00. The van der Waals surface area contributed by atoms with Gasteiger partial charge >= 0.3 is 0 Å². The number of rotatable bonds is 0. The minimum atomic E-state index is 0.546. The van der Waals surface area contributed by atoms with E-state index in [2.05, 4.69) is 6.92 Å². The molecule has 0 spiro atoms. The van der Waals surface area contributed by atoms with Crippen molar-refractivity contribution in [1.82, 2.24) is 0 Å². The Morgan fingerprint density at radius 2 is 2.00 bits per heavy atom. The van der Waals surface area contributed by atoms with Gasteiger partial charge in [-0.25, -0.2) is 0 Å². The van der Waals surface area contributed by atoms with Crippen LogP contribution in [0.25, 0.3) is 0 Å². The Hall–Kier alpha value is -0.0400.